The highest BCUT2D eigenvalue weighted by Crippen LogP contribution is 2.06. The number of nitrogens with one attached hydrogen (secondary N) is 2. The molecule has 1 aliphatic rings. The van der Waals surface area contributed by atoms with Crippen molar-refractivity contribution in [3.63, 3.8) is 0 Å². The third-order valence-electron chi connectivity index (χ3n) is 2.37. The monoisotopic (exact) mass is 170 g/mol. The molecule has 3 heteroatoms. The molecular weight excluding hydrogens is 152 g/mol. The van der Waals surface area contributed by atoms with Crippen molar-refractivity contribution in [1.29, 1.82) is 0 Å². The van der Waals surface area contributed by atoms with Crippen LogP contribution in [0.25, 0.3) is 0 Å². The molecule has 0 aliphatic carbocycles. The Kier molecular flexibility index (Phi) is 3.09. The van der Waals surface area contributed by atoms with E-state index in [9.17, 15) is 4.79 Å². The van der Waals surface area contributed by atoms with E-state index in [1.165, 1.54) is 0 Å². The quantitative estimate of drug-likeness (QED) is 0.634. The van der Waals surface area contributed by atoms with Crippen LogP contribution in [-0.4, -0.2) is 24.5 Å². The van der Waals surface area contributed by atoms with Crippen LogP contribution in [0.5, 0.6) is 0 Å². The molecule has 12 heavy (non-hydrogen) atoms. The first-order valence-corrected chi connectivity index (χ1v) is 4.69. The summed E-state index contributed by atoms with van der Waals surface area (Å²) in [7, 11) is 0. The fraction of sp³-hybridized carbons (Fsp3) is 0.889. The van der Waals surface area contributed by atoms with E-state index in [2.05, 4.69) is 31.4 Å². The van der Waals surface area contributed by atoms with Crippen molar-refractivity contribution in [2.45, 2.75) is 39.3 Å². The van der Waals surface area contributed by atoms with Crippen LogP contribution >= 0.6 is 0 Å². The minimum absolute atomic E-state index is 0.00722. The van der Waals surface area contributed by atoms with Gasteiger partial charge in [0.25, 0.3) is 0 Å². The highest BCUT2D eigenvalue weighted by Gasteiger charge is 2.28. The summed E-state index contributed by atoms with van der Waals surface area (Å²) in [5.74, 6) is 0.533. The summed E-state index contributed by atoms with van der Waals surface area (Å²) in [6.07, 6.45) is 1.00. The minimum Gasteiger partial charge on any atom is -0.351 e. The molecule has 0 saturated carbocycles. The molecule has 0 radical (unpaired) electrons. The number of carbonyl (C=O) groups excluding carboxylic acids is 1. The highest BCUT2D eigenvalue weighted by molar-refractivity contribution is 5.83. The highest BCUT2D eigenvalue weighted by atomic mass is 16.2. The van der Waals surface area contributed by atoms with Gasteiger partial charge in [0.2, 0.25) is 5.91 Å². The Bertz CT molecular complexity index is 168. The number of amides is 1. The molecule has 1 saturated heterocycles. The van der Waals surface area contributed by atoms with Gasteiger partial charge in [-0.05, 0) is 12.3 Å². The lowest BCUT2D eigenvalue weighted by Gasteiger charge is -2.31. The van der Waals surface area contributed by atoms with E-state index in [1.54, 1.807) is 0 Å². The van der Waals surface area contributed by atoms with Gasteiger partial charge in [0.05, 0.1) is 6.04 Å². The second kappa shape index (κ2) is 3.90. The zero-order valence-corrected chi connectivity index (χ0v) is 8.05. The molecule has 1 aliphatic heterocycles. The number of hydrogen-bond donors (Lipinski definition) is 2. The molecule has 70 valence electrons. The molecule has 0 spiro atoms. The Labute approximate surface area is 73.9 Å². The van der Waals surface area contributed by atoms with Gasteiger partial charge < -0.3 is 10.6 Å². The number of hydrogen-bond acceptors (Lipinski definition) is 2. The van der Waals surface area contributed by atoms with Crippen LogP contribution in [-0.2, 0) is 4.79 Å². The van der Waals surface area contributed by atoms with Crippen LogP contribution in [0.4, 0.5) is 0 Å². The van der Waals surface area contributed by atoms with E-state index in [1.807, 2.05) is 0 Å². The number of piperazine rings is 1. The van der Waals surface area contributed by atoms with E-state index < -0.39 is 0 Å². The maximum atomic E-state index is 11.4. The first-order valence-electron chi connectivity index (χ1n) is 4.69. The zero-order chi connectivity index (χ0) is 9.14. The van der Waals surface area contributed by atoms with Gasteiger partial charge in [-0.2, -0.15) is 0 Å². The third-order valence-corrected chi connectivity index (χ3v) is 2.37. The molecule has 0 aromatic rings. The van der Waals surface area contributed by atoms with Crippen LogP contribution in [0.15, 0.2) is 0 Å². The smallest absolute Gasteiger partial charge is 0.237 e. The fourth-order valence-electron chi connectivity index (χ4n) is 1.49. The Morgan fingerprint density at radius 1 is 1.58 bits per heavy atom. The normalized spacial score (nSPS) is 30.5. The SMILES string of the molecule is CC[C@H]1CN[C@@H](C(C)C)C(=O)N1. The first-order chi connectivity index (χ1) is 5.65. The fourth-order valence-corrected chi connectivity index (χ4v) is 1.49. The van der Waals surface area contributed by atoms with E-state index in [4.69, 9.17) is 0 Å². The Hall–Kier alpha value is -0.570. The molecular formula is C9H18N2O. The van der Waals surface area contributed by atoms with Crippen molar-refractivity contribution >= 4 is 5.91 Å². The van der Waals surface area contributed by atoms with Gasteiger partial charge in [-0.1, -0.05) is 20.8 Å². The molecule has 1 heterocycles. The molecule has 0 aromatic heterocycles. The number of carbonyl (C=O) groups is 1. The minimum atomic E-state index is 0.00722. The zero-order valence-electron chi connectivity index (χ0n) is 8.05. The summed E-state index contributed by atoms with van der Waals surface area (Å²) in [4.78, 5) is 11.4. The predicted octanol–water partition coefficient (Wildman–Crippen LogP) is 0.509. The molecule has 0 aromatic carbocycles. The van der Waals surface area contributed by atoms with E-state index in [0.29, 0.717) is 12.0 Å². The first kappa shape index (κ1) is 9.52. The third kappa shape index (κ3) is 1.97. The predicted molar refractivity (Wildman–Crippen MR) is 48.9 cm³/mol. The van der Waals surface area contributed by atoms with Crippen molar-refractivity contribution in [1.82, 2.24) is 10.6 Å². The van der Waals surface area contributed by atoms with Gasteiger partial charge in [0, 0.05) is 12.6 Å². The lowest BCUT2D eigenvalue weighted by atomic mass is 10.00. The van der Waals surface area contributed by atoms with Gasteiger partial charge in [0.1, 0.15) is 0 Å². The summed E-state index contributed by atoms with van der Waals surface area (Å²) < 4.78 is 0. The van der Waals surface area contributed by atoms with Gasteiger partial charge in [0.15, 0.2) is 0 Å². The maximum Gasteiger partial charge on any atom is 0.237 e. The summed E-state index contributed by atoms with van der Waals surface area (Å²) >= 11 is 0. The van der Waals surface area contributed by atoms with Crippen molar-refractivity contribution in [3.05, 3.63) is 0 Å². The topological polar surface area (TPSA) is 41.1 Å². The molecule has 1 fully saturated rings. The van der Waals surface area contributed by atoms with Crippen LogP contribution in [0.2, 0.25) is 0 Å². The standard InChI is InChI=1S/C9H18N2O/c1-4-7-5-10-8(6(2)3)9(12)11-7/h6-8,10H,4-5H2,1-3H3,(H,11,12)/t7-,8-/m0/s1. The van der Waals surface area contributed by atoms with Gasteiger partial charge in [-0.25, -0.2) is 0 Å². The summed E-state index contributed by atoms with van der Waals surface area (Å²) in [6, 6.07) is 0.334. The molecule has 0 unspecified atom stereocenters. The second-order valence-corrected chi connectivity index (χ2v) is 3.74. The molecule has 3 nitrogen and oxygen atoms in total. The average molecular weight is 170 g/mol. The number of rotatable bonds is 2. The van der Waals surface area contributed by atoms with Crippen molar-refractivity contribution in [2.24, 2.45) is 5.92 Å². The van der Waals surface area contributed by atoms with Gasteiger partial charge >= 0.3 is 0 Å². The van der Waals surface area contributed by atoms with Crippen LogP contribution in [0, 0.1) is 5.92 Å². The van der Waals surface area contributed by atoms with Gasteiger partial charge in [-0.15, -0.1) is 0 Å². The Balaban J connectivity index is 2.48. The Morgan fingerprint density at radius 3 is 2.67 bits per heavy atom. The van der Waals surface area contributed by atoms with Crippen LogP contribution < -0.4 is 10.6 Å². The van der Waals surface area contributed by atoms with E-state index in [0.717, 1.165) is 13.0 Å². The molecule has 2 atom stereocenters. The summed E-state index contributed by atoms with van der Waals surface area (Å²) in [6.45, 7) is 7.11. The van der Waals surface area contributed by atoms with Crippen molar-refractivity contribution in [2.75, 3.05) is 6.54 Å². The van der Waals surface area contributed by atoms with E-state index in [-0.39, 0.29) is 11.9 Å². The van der Waals surface area contributed by atoms with Gasteiger partial charge in [-0.3, -0.25) is 4.79 Å². The maximum absolute atomic E-state index is 11.4. The van der Waals surface area contributed by atoms with E-state index >= 15 is 0 Å². The second-order valence-electron chi connectivity index (χ2n) is 3.74. The van der Waals surface area contributed by atoms with Crippen LogP contribution in [0.3, 0.4) is 0 Å². The van der Waals surface area contributed by atoms with Crippen LogP contribution in [0.1, 0.15) is 27.2 Å². The molecule has 2 N–H and O–H groups in total. The molecule has 1 amide bonds. The molecule has 1 rings (SSSR count). The van der Waals surface area contributed by atoms with Crippen molar-refractivity contribution < 1.29 is 4.79 Å². The summed E-state index contributed by atoms with van der Waals surface area (Å²) in [5.41, 5.74) is 0. The summed E-state index contributed by atoms with van der Waals surface area (Å²) in [5, 5.41) is 6.25. The lowest BCUT2D eigenvalue weighted by molar-refractivity contribution is -0.126. The largest absolute Gasteiger partial charge is 0.351 e. The average Bonchev–Trinajstić information content (AvgIpc) is 2.03. The lowest BCUT2D eigenvalue weighted by Crippen LogP contribution is -2.59. The van der Waals surface area contributed by atoms with Crippen molar-refractivity contribution in [3.8, 4) is 0 Å². The Morgan fingerprint density at radius 2 is 2.25 bits per heavy atom. The molecule has 0 bridgehead atoms.